The van der Waals surface area contributed by atoms with Crippen molar-refractivity contribution in [1.29, 1.82) is 0 Å². The molecule has 3 N–H and O–H groups in total. The summed E-state index contributed by atoms with van der Waals surface area (Å²) in [5, 5.41) is 13.1. The summed E-state index contributed by atoms with van der Waals surface area (Å²) < 4.78 is 0. The summed E-state index contributed by atoms with van der Waals surface area (Å²) in [5.41, 5.74) is 4.12. The van der Waals surface area contributed by atoms with Gasteiger partial charge in [-0.1, -0.05) is 42.5 Å². The van der Waals surface area contributed by atoms with Gasteiger partial charge in [0.1, 0.15) is 0 Å². The van der Waals surface area contributed by atoms with Gasteiger partial charge < -0.3 is 15.7 Å². The van der Waals surface area contributed by atoms with E-state index in [1.165, 1.54) is 5.56 Å². The minimum atomic E-state index is 0. The Morgan fingerprint density at radius 2 is 1.69 bits per heavy atom. The molecule has 35 heavy (non-hydrogen) atoms. The van der Waals surface area contributed by atoms with Crippen LogP contribution >= 0.6 is 24.8 Å². The Balaban J connectivity index is 0.00000144. The molecule has 0 radical (unpaired) electrons. The van der Waals surface area contributed by atoms with E-state index in [1.54, 1.807) is 4.80 Å². The summed E-state index contributed by atoms with van der Waals surface area (Å²) >= 11 is 0. The van der Waals surface area contributed by atoms with Gasteiger partial charge in [-0.25, -0.2) is 4.99 Å². The lowest BCUT2D eigenvalue weighted by molar-refractivity contribution is 0.134. The highest BCUT2D eigenvalue weighted by atomic mass is 35.5. The Hall–Kier alpha value is -2.65. The first-order chi connectivity index (χ1) is 15.6. The number of aliphatic imine (C=N–C) groups is 1. The van der Waals surface area contributed by atoms with Gasteiger partial charge in [-0.2, -0.15) is 4.80 Å². The number of likely N-dealkylation sites (N-methyl/N-ethyl adjacent to an activating group) is 1. The molecular formula is C25H35Cl2N7O. The Bertz CT molecular complexity index is 1120. The van der Waals surface area contributed by atoms with Crippen LogP contribution in [-0.2, 0) is 6.42 Å². The molecule has 0 aliphatic carbocycles. The number of aromatic nitrogens is 3. The zero-order valence-corrected chi connectivity index (χ0v) is 22.0. The van der Waals surface area contributed by atoms with Crippen LogP contribution in [0.1, 0.15) is 37.6 Å². The average molecular weight is 521 g/mol. The van der Waals surface area contributed by atoms with Crippen LogP contribution in [0.15, 0.2) is 59.6 Å². The van der Waals surface area contributed by atoms with E-state index in [9.17, 15) is 0 Å². The van der Waals surface area contributed by atoms with Crippen molar-refractivity contribution in [2.45, 2.75) is 38.8 Å². The van der Waals surface area contributed by atoms with Gasteiger partial charge in [0, 0.05) is 25.7 Å². The molecule has 2 aliphatic heterocycles. The standard InChI is InChI=1S/C25H31N7.2ClH.H2O/c1-18(2)32-28-23-24(29-32)26-21-11-7-8-12-22(21)27-25(23)31-16-15-30(3)20(17-31)14-13-19-9-5-4-6-10-19;;;/h4-12,18,20H,13-17H2,1-3H3,(H,26,29);2*1H;1H2. The van der Waals surface area contributed by atoms with E-state index in [1.807, 2.05) is 24.3 Å². The summed E-state index contributed by atoms with van der Waals surface area (Å²) in [5.74, 6) is 1.70. The van der Waals surface area contributed by atoms with Crippen LogP contribution in [0, 0.1) is 0 Å². The second-order valence-electron chi connectivity index (χ2n) is 8.99. The summed E-state index contributed by atoms with van der Waals surface area (Å²) in [4.78, 5) is 11.8. The molecule has 8 nitrogen and oxygen atoms in total. The number of piperazine rings is 1. The van der Waals surface area contributed by atoms with Crippen molar-refractivity contribution >= 4 is 47.8 Å². The number of hydrogen-bond acceptors (Lipinski definition) is 6. The number of hydrogen-bond donors (Lipinski definition) is 1. The quantitative estimate of drug-likeness (QED) is 0.555. The Morgan fingerprint density at radius 3 is 2.43 bits per heavy atom. The number of rotatable bonds is 4. The number of amidine groups is 1. The number of nitrogens with zero attached hydrogens (tertiary/aromatic N) is 6. The van der Waals surface area contributed by atoms with Gasteiger partial charge >= 0.3 is 0 Å². The molecule has 1 fully saturated rings. The lowest BCUT2D eigenvalue weighted by atomic mass is 10.0. The van der Waals surface area contributed by atoms with Gasteiger partial charge in [0.25, 0.3) is 0 Å². The number of para-hydroxylation sites is 2. The predicted octanol–water partition coefficient (Wildman–Crippen LogP) is 4.26. The molecule has 0 bridgehead atoms. The Labute approximate surface area is 219 Å². The van der Waals surface area contributed by atoms with Gasteiger partial charge in [-0.3, -0.25) is 4.90 Å². The summed E-state index contributed by atoms with van der Waals surface area (Å²) in [6.45, 7) is 7.05. The third-order valence-corrected chi connectivity index (χ3v) is 6.37. The van der Waals surface area contributed by atoms with E-state index in [-0.39, 0.29) is 36.3 Å². The normalized spacial score (nSPS) is 17.0. The predicted molar refractivity (Wildman–Crippen MR) is 147 cm³/mol. The molecule has 1 saturated heterocycles. The fraction of sp³-hybridized carbons (Fsp3) is 0.400. The maximum Gasteiger partial charge on any atom is 0.184 e. The highest BCUT2D eigenvalue weighted by Crippen LogP contribution is 2.34. The number of benzene rings is 2. The number of anilines is 2. The van der Waals surface area contributed by atoms with Gasteiger partial charge in [-0.15, -0.1) is 35.0 Å². The molecule has 1 unspecified atom stereocenters. The van der Waals surface area contributed by atoms with E-state index in [4.69, 9.17) is 15.2 Å². The van der Waals surface area contributed by atoms with E-state index < -0.39 is 0 Å². The lowest BCUT2D eigenvalue weighted by Gasteiger charge is -2.40. The van der Waals surface area contributed by atoms with Crippen LogP contribution in [0.4, 0.5) is 17.2 Å². The molecular weight excluding hydrogens is 485 g/mol. The molecule has 1 atom stereocenters. The summed E-state index contributed by atoms with van der Waals surface area (Å²) in [7, 11) is 2.24. The van der Waals surface area contributed by atoms with E-state index in [2.05, 4.69) is 66.3 Å². The zero-order chi connectivity index (χ0) is 22.1. The summed E-state index contributed by atoms with van der Waals surface area (Å²) in [6, 6.07) is 19.6. The Morgan fingerprint density at radius 1 is 0.971 bits per heavy atom. The van der Waals surface area contributed by atoms with Crippen LogP contribution < -0.4 is 5.32 Å². The van der Waals surface area contributed by atoms with Crippen LogP contribution in [0.3, 0.4) is 0 Å². The minimum Gasteiger partial charge on any atom is -0.412 e. The van der Waals surface area contributed by atoms with Crippen LogP contribution in [0.5, 0.6) is 0 Å². The highest BCUT2D eigenvalue weighted by molar-refractivity contribution is 6.05. The minimum absolute atomic E-state index is 0. The lowest BCUT2D eigenvalue weighted by Crippen LogP contribution is -2.53. The molecule has 0 saturated carbocycles. The number of nitrogens with one attached hydrogen (secondary N) is 1. The van der Waals surface area contributed by atoms with Gasteiger partial charge in [-0.05, 0) is 51.4 Å². The largest absolute Gasteiger partial charge is 0.412 e. The first-order valence-electron chi connectivity index (χ1n) is 11.5. The smallest absolute Gasteiger partial charge is 0.184 e. The molecule has 2 aliphatic rings. The van der Waals surface area contributed by atoms with Crippen molar-refractivity contribution in [3.8, 4) is 0 Å². The number of halogens is 2. The van der Waals surface area contributed by atoms with Gasteiger partial charge in [0.05, 0.1) is 17.4 Å². The maximum atomic E-state index is 5.10. The van der Waals surface area contributed by atoms with Crippen LogP contribution in [0.25, 0.3) is 0 Å². The van der Waals surface area contributed by atoms with Crippen molar-refractivity contribution in [3.05, 3.63) is 65.9 Å². The van der Waals surface area contributed by atoms with E-state index in [0.717, 1.165) is 61.2 Å². The molecule has 1 aromatic heterocycles. The highest BCUT2D eigenvalue weighted by Gasteiger charge is 2.31. The molecule has 190 valence electrons. The topological polar surface area (TPSA) is 93.1 Å². The maximum absolute atomic E-state index is 5.10. The number of aryl methyl sites for hydroxylation is 1. The number of fused-ring (bicyclic) bond motifs is 2. The first-order valence-corrected chi connectivity index (χ1v) is 11.5. The van der Waals surface area contributed by atoms with Crippen molar-refractivity contribution in [1.82, 2.24) is 24.8 Å². The molecule has 0 amide bonds. The summed E-state index contributed by atoms with van der Waals surface area (Å²) in [6.07, 6.45) is 2.19. The second kappa shape index (κ2) is 12.4. The Kier molecular flexibility index (Phi) is 10.1. The van der Waals surface area contributed by atoms with E-state index in [0.29, 0.717) is 6.04 Å². The SMILES string of the molecule is CC(C)n1nc2c(n1)C(N1CCN(C)C(CCc3ccccc3)C1)=Nc1ccccc1N2.Cl.Cl.O. The van der Waals surface area contributed by atoms with Crippen molar-refractivity contribution in [3.63, 3.8) is 0 Å². The molecule has 5 rings (SSSR count). The van der Waals surface area contributed by atoms with E-state index >= 15 is 0 Å². The fourth-order valence-electron chi connectivity index (χ4n) is 4.41. The first kappa shape index (κ1) is 28.6. The van der Waals surface area contributed by atoms with Gasteiger partial charge in [0.15, 0.2) is 17.3 Å². The third-order valence-electron chi connectivity index (χ3n) is 6.37. The fourth-order valence-corrected chi connectivity index (χ4v) is 4.41. The monoisotopic (exact) mass is 519 g/mol. The van der Waals surface area contributed by atoms with Crippen molar-refractivity contribution < 1.29 is 5.48 Å². The zero-order valence-electron chi connectivity index (χ0n) is 20.4. The molecule has 3 heterocycles. The van der Waals surface area contributed by atoms with Crippen LogP contribution in [-0.4, -0.2) is 68.8 Å². The van der Waals surface area contributed by atoms with Crippen LogP contribution in [0.2, 0.25) is 0 Å². The molecule has 3 aromatic rings. The molecule has 2 aromatic carbocycles. The second-order valence-corrected chi connectivity index (χ2v) is 8.99. The average Bonchev–Trinajstić information content (AvgIpc) is 3.16. The molecule has 10 heteroatoms. The molecule has 0 spiro atoms. The van der Waals surface area contributed by atoms with Crippen molar-refractivity contribution in [2.24, 2.45) is 4.99 Å². The third kappa shape index (κ3) is 6.13. The van der Waals surface area contributed by atoms with Gasteiger partial charge in [0.2, 0.25) is 0 Å². The van der Waals surface area contributed by atoms with Crippen molar-refractivity contribution in [2.75, 3.05) is 32.0 Å².